The van der Waals surface area contributed by atoms with Gasteiger partial charge in [0, 0.05) is 23.8 Å². The lowest BCUT2D eigenvalue weighted by molar-refractivity contribution is 0.120. The zero-order chi connectivity index (χ0) is 15.3. The summed E-state index contributed by atoms with van der Waals surface area (Å²) in [6.07, 6.45) is 10.4. The number of ether oxygens (including phenoxy) is 1. The second-order valence-electron chi connectivity index (χ2n) is 7.27. The molecule has 3 nitrogen and oxygen atoms in total. The highest BCUT2D eigenvalue weighted by Crippen LogP contribution is 2.30. The molecule has 0 aromatic carbocycles. The van der Waals surface area contributed by atoms with E-state index in [1.165, 1.54) is 37.7 Å². The molecule has 1 aromatic rings. The van der Waals surface area contributed by atoms with Gasteiger partial charge in [0.2, 0.25) is 0 Å². The number of nitrogens with zero attached hydrogens (tertiary/aromatic N) is 1. The summed E-state index contributed by atoms with van der Waals surface area (Å²) in [4.78, 5) is 4.24. The second-order valence-corrected chi connectivity index (χ2v) is 7.27. The molecular formula is C18H30N2O. The Balaban J connectivity index is 1.99. The van der Waals surface area contributed by atoms with Gasteiger partial charge in [0.15, 0.2) is 0 Å². The predicted octanol–water partition coefficient (Wildman–Crippen LogP) is 4.32. The van der Waals surface area contributed by atoms with Crippen molar-refractivity contribution < 1.29 is 4.74 Å². The van der Waals surface area contributed by atoms with E-state index in [-0.39, 0.29) is 5.54 Å². The van der Waals surface area contributed by atoms with Crippen LogP contribution in [0.25, 0.3) is 0 Å². The minimum atomic E-state index is 0.110. The van der Waals surface area contributed by atoms with Crippen LogP contribution in [0, 0.1) is 5.92 Å². The Morgan fingerprint density at radius 3 is 2.86 bits per heavy atom. The van der Waals surface area contributed by atoms with Crippen LogP contribution in [0.15, 0.2) is 18.5 Å². The van der Waals surface area contributed by atoms with Crippen molar-refractivity contribution in [3.63, 3.8) is 0 Å². The van der Waals surface area contributed by atoms with Crippen molar-refractivity contribution in [2.45, 2.75) is 78.0 Å². The molecule has 1 aliphatic rings. The highest BCUT2D eigenvalue weighted by atomic mass is 16.5. The van der Waals surface area contributed by atoms with Gasteiger partial charge in [0.05, 0.1) is 12.3 Å². The van der Waals surface area contributed by atoms with E-state index in [2.05, 4.69) is 44.1 Å². The van der Waals surface area contributed by atoms with E-state index >= 15 is 0 Å². The van der Waals surface area contributed by atoms with E-state index in [1.54, 1.807) is 0 Å². The lowest BCUT2D eigenvalue weighted by Gasteiger charge is -2.29. The fourth-order valence-corrected chi connectivity index (χ4v) is 2.92. The summed E-state index contributed by atoms with van der Waals surface area (Å²) in [5.74, 6) is 1.78. The first-order chi connectivity index (χ1) is 9.98. The molecule has 1 aromatic heterocycles. The Labute approximate surface area is 129 Å². The minimum Gasteiger partial charge on any atom is -0.488 e. The van der Waals surface area contributed by atoms with Crippen LogP contribution >= 0.6 is 0 Å². The van der Waals surface area contributed by atoms with E-state index in [1.807, 2.05) is 12.4 Å². The van der Waals surface area contributed by atoms with Crippen molar-refractivity contribution in [1.29, 1.82) is 0 Å². The highest BCUT2D eigenvalue weighted by Gasteiger charge is 2.23. The minimum absolute atomic E-state index is 0.110. The van der Waals surface area contributed by atoms with Gasteiger partial charge in [0.1, 0.15) is 5.75 Å². The SMILES string of the molecule is CCC1CCCC(Oc2cnccc2CNC(C)(C)C)C1. The summed E-state index contributed by atoms with van der Waals surface area (Å²) in [6, 6.07) is 2.06. The summed E-state index contributed by atoms with van der Waals surface area (Å²) >= 11 is 0. The molecule has 0 radical (unpaired) electrons. The van der Waals surface area contributed by atoms with Gasteiger partial charge >= 0.3 is 0 Å². The highest BCUT2D eigenvalue weighted by molar-refractivity contribution is 5.30. The third kappa shape index (κ3) is 5.31. The molecule has 0 bridgehead atoms. The van der Waals surface area contributed by atoms with Gasteiger partial charge < -0.3 is 10.1 Å². The zero-order valence-electron chi connectivity index (χ0n) is 14.0. The van der Waals surface area contributed by atoms with Crippen LogP contribution in [0.3, 0.4) is 0 Å². The number of hydrogen-bond donors (Lipinski definition) is 1. The normalized spacial score (nSPS) is 23.0. The fourth-order valence-electron chi connectivity index (χ4n) is 2.92. The molecule has 1 saturated carbocycles. The first kappa shape index (κ1) is 16.3. The van der Waals surface area contributed by atoms with Crippen molar-refractivity contribution in [2.75, 3.05) is 0 Å². The largest absolute Gasteiger partial charge is 0.488 e. The topological polar surface area (TPSA) is 34.1 Å². The van der Waals surface area contributed by atoms with E-state index in [0.29, 0.717) is 6.10 Å². The molecular weight excluding hydrogens is 260 g/mol. The third-order valence-electron chi connectivity index (χ3n) is 4.28. The van der Waals surface area contributed by atoms with Crippen molar-refractivity contribution in [3.05, 3.63) is 24.0 Å². The van der Waals surface area contributed by atoms with Crippen molar-refractivity contribution in [1.82, 2.24) is 10.3 Å². The molecule has 1 N–H and O–H groups in total. The molecule has 1 aliphatic carbocycles. The molecule has 118 valence electrons. The number of hydrogen-bond acceptors (Lipinski definition) is 3. The first-order valence-electron chi connectivity index (χ1n) is 8.32. The van der Waals surface area contributed by atoms with Crippen LogP contribution in [0.4, 0.5) is 0 Å². The molecule has 2 rings (SSSR count). The molecule has 0 aliphatic heterocycles. The Kier molecular flexibility index (Phi) is 5.63. The van der Waals surface area contributed by atoms with Crippen LogP contribution in [0.2, 0.25) is 0 Å². The smallest absolute Gasteiger partial charge is 0.142 e. The van der Waals surface area contributed by atoms with Gasteiger partial charge in [-0.3, -0.25) is 4.98 Å². The summed E-state index contributed by atoms with van der Waals surface area (Å²) in [7, 11) is 0. The van der Waals surface area contributed by atoms with Crippen LogP contribution in [0.1, 0.15) is 65.4 Å². The number of nitrogens with one attached hydrogen (secondary N) is 1. The third-order valence-corrected chi connectivity index (χ3v) is 4.28. The zero-order valence-corrected chi connectivity index (χ0v) is 14.0. The summed E-state index contributed by atoms with van der Waals surface area (Å²) in [5.41, 5.74) is 1.32. The molecule has 0 amide bonds. The molecule has 1 fully saturated rings. The average molecular weight is 290 g/mol. The summed E-state index contributed by atoms with van der Waals surface area (Å²) in [6.45, 7) is 9.66. The number of aromatic nitrogens is 1. The Hall–Kier alpha value is -1.09. The van der Waals surface area contributed by atoms with Crippen molar-refractivity contribution in [2.24, 2.45) is 5.92 Å². The Morgan fingerprint density at radius 2 is 2.14 bits per heavy atom. The molecule has 0 saturated heterocycles. The predicted molar refractivity (Wildman–Crippen MR) is 87.5 cm³/mol. The second kappa shape index (κ2) is 7.26. The standard InChI is InChI=1S/C18H30N2O/c1-5-14-7-6-8-16(11-14)21-17-13-19-10-9-15(17)12-20-18(2,3)4/h9-10,13-14,16,20H,5-8,11-12H2,1-4H3. The number of rotatable bonds is 5. The van der Waals surface area contributed by atoms with Crippen LogP contribution < -0.4 is 10.1 Å². The molecule has 2 atom stereocenters. The van der Waals surface area contributed by atoms with Gasteiger partial charge in [-0.15, -0.1) is 0 Å². The van der Waals surface area contributed by atoms with Gasteiger partial charge in [-0.1, -0.05) is 19.8 Å². The Morgan fingerprint density at radius 1 is 1.33 bits per heavy atom. The maximum absolute atomic E-state index is 6.28. The van der Waals surface area contributed by atoms with E-state index < -0.39 is 0 Å². The Bertz CT molecular complexity index is 439. The van der Waals surface area contributed by atoms with Crippen molar-refractivity contribution >= 4 is 0 Å². The van der Waals surface area contributed by atoms with Crippen LogP contribution in [-0.2, 0) is 6.54 Å². The number of pyridine rings is 1. The lowest BCUT2D eigenvalue weighted by atomic mass is 9.85. The maximum Gasteiger partial charge on any atom is 0.142 e. The maximum atomic E-state index is 6.28. The van der Waals surface area contributed by atoms with E-state index in [4.69, 9.17) is 4.74 Å². The van der Waals surface area contributed by atoms with Gasteiger partial charge in [-0.05, 0) is 52.0 Å². The molecule has 1 heterocycles. The first-order valence-corrected chi connectivity index (χ1v) is 8.32. The average Bonchev–Trinajstić information content (AvgIpc) is 2.46. The van der Waals surface area contributed by atoms with Gasteiger partial charge in [-0.2, -0.15) is 0 Å². The molecule has 0 spiro atoms. The molecule has 21 heavy (non-hydrogen) atoms. The van der Waals surface area contributed by atoms with E-state index in [0.717, 1.165) is 18.2 Å². The van der Waals surface area contributed by atoms with Crippen molar-refractivity contribution in [3.8, 4) is 5.75 Å². The van der Waals surface area contributed by atoms with Gasteiger partial charge in [-0.25, -0.2) is 0 Å². The van der Waals surface area contributed by atoms with Crippen LogP contribution in [-0.4, -0.2) is 16.6 Å². The quantitative estimate of drug-likeness (QED) is 0.877. The van der Waals surface area contributed by atoms with Crippen LogP contribution in [0.5, 0.6) is 5.75 Å². The summed E-state index contributed by atoms with van der Waals surface area (Å²) in [5, 5.41) is 3.53. The lowest BCUT2D eigenvalue weighted by Crippen LogP contribution is -2.35. The fraction of sp³-hybridized carbons (Fsp3) is 0.722. The molecule has 2 unspecified atom stereocenters. The van der Waals surface area contributed by atoms with E-state index in [9.17, 15) is 0 Å². The van der Waals surface area contributed by atoms with Gasteiger partial charge in [0.25, 0.3) is 0 Å². The summed E-state index contributed by atoms with van der Waals surface area (Å²) < 4.78 is 6.28. The molecule has 3 heteroatoms. The monoisotopic (exact) mass is 290 g/mol.